The van der Waals surface area contributed by atoms with Crippen LogP contribution >= 0.6 is 0 Å². The lowest BCUT2D eigenvalue weighted by atomic mass is 10.0. The number of oxazole rings is 1. The summed E-state index contributed by atoms with van der Waals surface area (Å²) in [6.07, 6.45) is 0.463. The Labute approximate surface area is 128 Å². The second-order valence-corrected chi connectivity index (χ2v) is 6.48. The molecule has 2 aromatic rings. The molecule has 116 valence electrons. The predicted molar refractivity (Wildman–Crippen MR) is 79.9 cm³/mol. The highest BCUT2D eigenvalue weighted by Gasteiger charge is 2.37. The van der Waals surface area contributed by atoms with Gasteiger partial charge >= 0.3 is 6.09 Å². The number of likely N-dealkylation sites (tertiary alicyclic amines) is 1. The van der Waals surface area contributed by atoms with Crippen LogP contribution in [-0.2, 0) is 4.74 Å². The SMILES string of the molecule is CC(C)(C)OC(=O)N1CC(c2nc3cc(C=O)ccc3o2)C1. The average molecular weight is 302 g/mol. The summed E-state index contributed by atoms with van der Waals surface area (Å²) in [6, 6.07) is 5.12. The van der Waals surface area contributed by atoms with E-state index >= 15 is 0 Å². The van der Waals surface area contributed by atoms with Crippen LogP contribution < -0.4 is 0 Å². The van der Waals surface area contributed by atoms with E-state index in [4.69, 9.17) is 9.15 Å². The maximum Gasteiger partial charge on any atom is 0.410 e. The van der Waals surface area contributed by atoms with Gasteiger partial charge in [-0.25, -0.2) is 9.78 Å². The normalized spacial score (nSPS) is 15.7. The highest BCUT2D eigenvalue weighted by molar-refractivity contribution is 5.83. The van der Waals surface area contributed by atoms with Gasteiger partial charge in [0.05, 0.1) is 5.92 Å². The van der Waals surface area contributed by atoms with Crippen LogP contribution in [0, 0.1) is 0 Å². The molecule has 1 fully saturated rings. The Morgan fingerprint density at radius 1 is 1.41 bits per heavy atom. The van der Waals surface area contributed by atoms with Crippen LogP contribution in [-0.4, -0.2) is 41.0 Å². The van der Waals surface area contributed by atoms with Gasteiger partial charge in [-0.1, -0.05) is 0 Å². The minimum atomic E-state index is -0.495. The van der Waals surface area contributed by atoms with Crippen molar-refractivity contribution in [1.82, 2.24) is 9.88 Å². The van der Waals surface area contributed by atoms with Crippen LogP contribution in [0.4, 0.5) is 4.79 Å². The first-order chi connectivity index (χ1) is 10.4. The Morgan fingerprint density at radius 2 is 2.14 bits per heavy atom. The zero-order chi connectivity index (χ0) is 15.9. The van der Waals surface area contributed by atoms with Gasteiger partial charge in [0.1, 0.15) is 17.4 Å². The second-order valence-electron chi connectivity index (χ2n) is 6.48. The lowest BCUT2D eigenvalue weighted by molar-refractivity contribution is 0.00620. The Kier molecular flexibility index (Phi) is 3.39. The van der Waals surface area contributed by atoms with E-state index in [2.05, 4.69) is 4.98 Å². The van der Waals surface area contributed by atoms with Gasteiger partial charge < -0.3 is 14.1 Å². The van der Waals surface area contributed by atoms with Gasteiger partial charge in [0.15, 0.2) is 5.58 Å². The number of nitrogens with zero attached hydrogens (tertiary/aromatic N) is 2. The highest BCUT2D eigenvalue weighted by atomic mass is 16.6. The molecule has 22 heavy (non-hydrogen) atoms. The standard InChI is InChI=1S/C16H18N2O4/c1-16(2,3)22-15(20)18-7-11(8-18)14-17-12-6-10(9-19)4-5-13(12)21-14/h4-6,9,11H,7-8H2,1-3H3. The van der Waals surface area contributed by atoms with Crippen LogP contribution in [0.15, 0.2) is 22.6 Å². The number of fused-ring (bicyclic) bond motifs is 1. The minimum absolute atomic E-state index is 0.0691. The molecule has 1 amide bonds. The highest BCUT2D eigenvalue weighted by Crippen LogP contribution is 2.30. The zero-order valence-corrected chi connectivity index (χ0v) is 12.8. The smallest absolute Gasteiger partial charge is 0.410 e. The minimum Gasteiger partial charge on any atom is -0.444 e. The number of carbonyl (C=O) groups excluding carboxylic acids is 2. The van der Waals surface area contributed by atoms with Crippen molar-refractivity contribution in [1.29, 1.82) is 0 Å². The second kappa shape index (κ2) is 5.12. The van der Waals surface area contributed by atoms with Gasteiger partial charge in [0, 0.05) is 18.7 Å². The van der Waals surface area contributed by atoms with Crippen molar-refractivity contribution in [2.75, 3.05) is 13.1 Å². The number of ether oxygens (including phenoxy) is 1. The van der Waals surface area contributed by atoms with Crippen LogP contribution in [0.2, 0.25) is 0 Å². The maximum absolute atomic E-state index is 11.9. The van der Waals surface area contributed by atoms with Crippen molar-refractivity contribution < 1.29 is 18.7 Å². The number of amides is 1. The van der Waals surface area contributed by atoms with E-state index in [1.54, 1.807) is 23.1 Å². The third-order valence-electron chi connectivity index (χ3n) is 3.45. The first-order valence-corrected chi connectivity index (χ1v) is 7.19. The summed E-state index contributed by atoms with van der Waals surface area (Å²) in [5.41, 5.74) is 1.38. The van der Waals surface area contributed by atoms with E-state index in [0.717, 1.165) is 6.29 Å². The number of aldehydes is 1. The largest absolute Gasteiger partial charge is 0.444 e. The quantitative estimate of drug-likeness (QED) is 0.797. The van der Waals surface area contributed by atoms with Gasteiger partial charge in [0.2, 0.25) is 5.89 Å². The average Bonchev–Trinajstić information content (AvgIpc) is 2.76. The Bertz CT molecular complexity index is 723. The number of hydrogen-bond donors (Lipinski definition) is 0. The molecule has 0 unspecified atom stereocenters. The van der Waals surface area contributed by atoms with E-state index in [0.29, 0.717) is 35.6 Å². The summed E-state index contributed by atoms with van der Waals surface area (Å²) in [6.45, 7) is 6.58. The molecule has 0 atom stereocenters. The van der Waals surface area contributed by atoms with Crippen molar-refractivity contribution in [3.8, 4) is 0 Å². The molecule has 0 bridgehead atoms. The summed E-state index contributed by atoms with van der Waals surface area (Å²) in [7, 11) is 0. The van der Waals surface area contributed by atoms with E-state index in [1.807, 2.05) is 20.8 Å². The molecule has 0 radical (unpaired) electrons. The van der Waals surface area contributed by atoms with Gasteiger partial charge in [-0.05, 0) is 39.0 Å². The topological polar surface area (TPSA) is 72.6 Å². The lowest BCUT2D eigenvalue weighted by Crippen LogP contribution is -2.50. The van der Waals surface area contributed by atoms with Crippen molar-refractivity contribution in [2.24, 2.45) is 0 Å². The Balaban J connectivity index is 1.68. The molecule has 1 saturated heterocycles. The van der Waals surface area contributed by atoms with Gasteiger partial charge in [-0.15, -0.1) is 0 Å². The molecule has 0 spiro atoms. The molecule has 0 saturated carbocycles. The number of benzene rings is 1. The first kappa shape index (κ1) is 14.6. The first-order valence-electron chi connectivity index (χ1n) is 7.19. The van der Waals surface area contributed by atoms with E-state index in [9.17, 15) is 9.59 Å². The van der Waals surface area contributed by atoms with Crippen molar-refractivity contribution in [3.05, 3.63) is 29.7 Å². The van der Waals surface area contributed by atoms with Crippen LogP contribution in [0.5, 0.6) is 0 Å². The zero-order valence-electron chi connectivity index (χ0n) is 12.8. The molecule has 2 heterocycles. The third kappa shape index (κ3) is 2.81. The van der Waals surface area contributed by atoms with Crippen molar-refractivity contribution >= 4 is 23.5 Å². The van der Waals surface area contributed by atoms with Crippen molar-refractivity contribution in [2.45, 2.75) is 32.3 Å². The van der Waals surface area contributed by atoms with E-state index in [-0.39, 0.29) is 12.0 Å². The predicted octanol–water partition coefficient (Wildman–Crippen LogP) is 2.97. The molecule has 0 N–H and O–H groups in total. The summed E-state index contributed by atoms with van der Waals surface area (Å²) in [5, 5.41) is 0. The van der Waals surface area contributed by atoms with Crippen LogP contribution in [0.3, 0.4) is 0 Å². The molecular weight excluding hydrogens is 284 g/mol. The molecule has 3 rings (SSSR count). The third-order valence-corrected chi connectivity index (χ3v) is 3.45. The van der Waals surface area contributed by atoms with E-state index in [1.165, 1.54) is 0 Å². The van der Waals surface area contributed by atoms with Crippen LogP contribution in [0.25, 0.3) is 11.1 Å². The number of aromatic nitrogens is 1. The van der Waals surface area contributed by atoms with Crippen LogP contribution in [0.1, 0.15) is 42.9 Å². The van der Waals surface area contributed by atoms with Gasteiger partial charge in [-0.3, -0.25) is 4.79 Å². The summed E-state index contributed by atoms with van der Waals surface area (Å²) >= 11 is 0. The fraction of sp³-hybridized carbons (Fsp3) is 0.438. The molecule has 0 aliphatic carbocycles. The van der Waals surface area contributed by atoms with Gasteiger partial charge in [-0.2, -0.15) is 0 Å². The Morgan fingerprint density at radius 3 is 2.77 bits per heavy atom. The fourth-order valence-corrected chi connectivity index (χ4v) is 2.32. The molecule has 1 aromatic heterocycles. The van der Waals surface area contributed by atoms with Crippen molar-refractivity contribution in [3.63, 3.8) is 0 Å². The number of hydrogen-bond acceptors (Lipinski definition) is 5. The maximum atomic E-state index is 11.9. The monoisotopic (exact) mass is 302 g/mol. The molecule has 1 aliphatic rings. The summed E-state index contributed by atoms with van der Waals surface area (Å²) in [5.74, 6) is 0.664. The molecule has 1 aromatic carbocycles. The molecule has 1 aliphatic heterocycles. The Hall–Kier alpha value is -2.37. The number of carbonyl (C=O) groups is 2. The molecule has 6 heteroatoms. The van der Waals surface area contributed by atoms with E-state index < -0.39 is 5.60 Å². The van der Waals surface area contributed by atoms with Gasteiger partial charge in [0.25, 0.3) is 0 Å². The summed E-state index contributed by atoms with van der Waals surface area (Å²) in [4.78, 5) is 28.7. The fourth-order valence-electron chi connectivity index (χ4n) is 2.32. The molecular formula is C16H18N2O4. The lowest BCUT2D eigenvalue weighted by Gasteiger charge is -2.38. The summed E-state index contributed by atoms with van der Waals surface area (Å²) < 4.78 is 11.0. The number of rotatable bonds is 2. The molecule has 6 nitrogen and oxygen atoms in total.